The van der Waals surface area contributed by atoms with Crippen LogP contribution in [-0.4, -0.2) is 46.8 Å². The van der Waals surface area contributed by atoms with Crippen LogP contribution < -0.4 is 19.1 Å². The van der Waals surface area contributed by atoms with Gasteiger partial charge in [-0.25, -0.2) is 4.39 Å². The number of amides is 1. The van der Waals surface area contributed by atoms with Crippen molar-refractivity contribution < 1.29 is 33.3 Å². The van der Waals surface area contributed by atoms with Crippen LogP contribution >= 0.6 is 23.1 Å². The van der Waals surface area contributed by atoms with E-state index in [2.05, 4.69) is 17.1 Å². The molecule has 1 unspecified atom stereocenters. The summed E-state index contributed by atoms with van der Waals surface area (Å²) in [7, 11) is 0. The molecule has 1 atom stereocenters. The summed E-state index contributed by atoms with van der Waals surface area (Å²) in [6.07, 6.45) is 1.84. The Morgan fingerprint density at radius 3 is 2.37 bits per heavy atom. The van der Waals surface area contributed by atoms with Gasteiger partial charge in [-0.1, -0.05) is 54.6 Å². The summed E-state index contributed by atoms with van der Waals surface area (Å²) in [6, 6.07) is 17.0. The summed E-state index contributed by atoms with van der Waals surface area (Å²) >= 11 is 2.53. The summed E-state index contributed by atoms with van der Waals surface area (Å²) in [4.78, 5) is 28.7. The molecule has 1 fully saturated rings. The zero-order valence-electron chi connectivity index (χ0n) is 25.7. The van der Waals surface area contributed by atoms with Crippen molar-refractivity contribution in [3.05, 3.63) is 94.8 Å². The Balaban J connectivity index is 1.56. The normalized spacial score (nSPS) is 15.7. The van der Waals surface area contributed by atoms with E-state index in [-0.39, 0.29) is 22.3 Å². The first-order chi connectivity index (χ1) is 22.3. The number of hydrogen-bond donors (Lipinski definition) is 1. The highest BCUT2D eigenvalue weighted by atomic mass is 32.2. The van der Waals surface area contributed by atoms with E-state index in [9.17, 15) is 19.1 Å². The van der Waals surface area contributed by atoms with Crippen LogP contribution in [0.4, 0.5) is 9.52 Å². The Morgan fingerprint density at radius 1 is 0.935 bits per heavy atom. The molecule has 0 aliphatic carbocycles. The van der Waals surface area contributed by atoms with E-state index in [1.54, 1.807) is 54.6 Å². The lowest BCUT2D eigenvalue weighted by Gasteiger charge is -2.23. The molecule has 46 heavy (non-hydrogen) atoms. The summed E-state index contributed by atoms with van der Waals surface area (Å²) in [5, 5.41) is 20.3. The molecule has 1 saturated heterocycles. The number of Topliss-reactive ketones (excluding diaryl/α,β-unsaturated/α-hetero) is 1. The number of unbranched alkanes of at least 4 members (excludes halogenated alkanes) is 1. The molecule has 1 amide bonds. The Hall–Kier alpha value is -4.42. The molecule has 4 aromatic rings. The Bertz CT molecular complexity index is 1710. The molecule has 1 aliphatic heterocycles. The molecular weight excluding hydrogens is 630 g/mol. The minimum atomic E-state index is -1.03. The highest BCUT2D eigenvalue weighted by molar-refractivity contribution is 8.00. The molecule has 9 nitrogen and oxygen atoms in total. The number of anilines is 1. The molecule has 0 saturated carbocycles. The van der Waals surface area contributed by atoms with E-state index in [0.717, 1.165) is 29.7 Å². The van der Waals surface area contributed by atoms with E-state index in [4.69, 9.17) is 14.2 Å². The predicted octanol–water partition coefficient (Wildman–Crippen LogP) is 7.57. The molecule has 2 heterocycles. The monoisotopic (exact) mass is 663 g/mol. The fourth-order valence-electron chi connectivity index (χ4n) is 4.87. The van der Waals surface area contributed by atoms with Crippen molar-refractivity contribution in [3.8, 4) is 17.2 Å². The molecule has 0 radical (unpaired) electrons. The van der Waals surface area contributed by atoms with Gasteiger partial charge in [0.2, 0.25) is 5.13 Å². The highest BCUT2D eigenvalue weighted by Gasteiger charge is 2.48. The van der Waals surface area contributed by atoms with Gasteiger partial charge in [-0.05, 0) is 79.9 Å². The molecule has 1 aliphatic rings. The first-order valence-corrected chi connectivity index (χ1v) is 16.8. The summed E-state index contributed by atoms with van der Waals surface area (Å²) in [6.45, 7) is 7.14. The SMILES string of the molecule is CCCCOc1ccc(C2/C(=C(\O)c3ccc(OCC)cc3)C(=O)C(=O)N2c2nnc(SCc3ccc(F)cc3)s2)cc1OCC. The maximum atomic E-state index is 13.7. The van der Waals surface area contributed by atoms with Crippen LogP contribution in [0.1, 0.15) is 56.3 Å². The molecule has 3 aromatic carbocycles. The van der Waals surface area contributed by atoms with Gasteiger partial charge >= 0.3 is 5.91 Å². The number of ketones is 1. The first kappa shape index (κ1) is 33.0. The number of aliphatic hydroxyl groups excluding tert-OH is 1. The van der Waals surface area contributed by atoms with Crippen LogP contribution in [0, 0.1) is 5.82 Å². The number of aromatic nitrogens is 2. The van der Waals surface area contributed by atoms with Crippen molar-refractivity contribution in [3.63, 3.8) is 0 Å². The van der Waals surface area contributed by atoms with Crippen LogP contribution in [0.3, 0.4) is 0 Å². The topological polar surface area (TPSA) is 111 Å². The molecule has 1 aromatic heterocycles. The molecule has 0 bridgehead atoms. The number of carbonyl (C=O) groups excluding carboxylic acids is 2. The fraction of sp³-hybridized carbons (Fsp3) is 0.294. The van der Waals surface area contributed by atoms with Crippen LogP contribution in [0.5, 0.6) is 17.2 Å². The van der Waals surface area contributed by atoms with Gasteiger partial charge < -0.3 is 19.3 Å². The molecule has 5 rings (SSSR count). The number of ether oxygens (including phenoxy) is 3. The second-order valence-electron chi connectivity index (χ2n) is 10.2. The third-order valence-corrected chi connectivity index (χ3v) is 9.23. The van der Waals surface area contributed by atoms with Crippen LogP contribution in [0.25, 0.3) is 5.76 Å². The lowest BCUT2D eigenvalue weighted by Crippen LogP contribution is -2.29. The molecular formula is C34H34FN3O6S2. The van der Waals surface area contributed by atoms with Gasteiger partial charge in [0.05, 0.1) is 31.4 Å². The van der Waals surface area contributed by atoms with Crippen molar-refractivity contribution in [2.75, 3.05) is 24.7 Å². The zero-order chi connectivity index (χ0) is 32.6. The maximum Gasteiger partial charge on any atom is 0.301 e. The average Bonchev–Trinajstić information content (AvgIpc) is 3.63. The lowest BCUT2D eigenvalue weighted by molar-refractivity contribution is -0.132. The second kappa shape index (κ2) is 15.2. The first-order valence-electron chi connectivity index (χ1n) is 15.0. The van der Waals surface area contributed by atoms with Crippen molar-refractivity contribution in [1.29, 1.82) is 0 Å². The van der Waals surface area contributed by atoms with Crippen LogP contribution in [0.15, 0.2) is 76.6 Å². The number of halogens is 1. The van der Waals surface area contributed by atoms with Gasteiger partial charge in [-0.3, -0.25) is 14.5 Å². The highest BCUT2D eigenvalue weighted by Crippen LogP contribution is 2.45. The lowest BCUT2D eigenvalue weighted by atomic mass is 9.95. The quantitative estimate of drug-likeness (QED) is 0.0365. The van der Waals surface area contributed by atoms with Crippen LogP contribution in [0.2, 0.25) is 0 Å². The maximum absolute atomic E-state index is 13.7. The molecule has 0 spiro atoms. The average molecular weight is 664 g/mol. The van der Waals surface area contributed by atoms with E-state index < -0.39 is 17.7 Å². The van der Waals surface area contributed by atoms with Gasteiger partial charge in [-0.15, -0.1) is 10.2 Å². The number of rotatable bonds is 14. The number of aliphatic hydroxyl groups is 1. The number of carbonyl (C=O) groups is 2. The predicted molar refractivity (Wildman–Crippen MR) is 176 cm³/mol. The minimum Gasteiger partial charge on any atom is -0.507 e. The van der Waals surface area contributed by atoms with E-state index in [0.29, 0.717) is 58.3 Å². The van der Waals surface area contributed by atoms with Crippen LogP contribution in [-0.2, 0) is 15.3 Å². The number of thioether (sulfide) groups is 1. The summed E-state index contributed by atoms with van der Waals surface area (Å²) < 4.78 is 31.3. The fourth-order valence-corrected chi connectivity index (χ4v) is 6.69. The van der Waals surface area contributed by atoms with Gasteiger partial charge in [0.15, 0.2) is 15.8 Å². The molecule has 12 heteroatoms. The van der Waals surface area contributed by atoms with Crippen molar-refractivity contribution >= 4 is 45.7 Å². The minimum absolute atomic E-state index is 0.0908. The van der Waals surface area contributed by atoms with Crippen molar-refractivity contribution in [2.24, 2.45) is 0 Å². The van der Waals surface area contributed by atoms with Gasteiger partial charge in [0.1, 0.15) is 17.3 Å². The summed E-state index contributed by atoms with van der Waals surface area (Å²) in [5.74, 6) is -0.236. The molecule has 1 N–H and O–H groups in total. The van der Waals surface area contributed by atoms with Crippen molar-refractivity contribution in [1.82, 2.24) is 10.2 Å². The standard InChI is InChI=1S/C34H34FN3O6S2/c1-4-7-18-44-26-17-12-23(19-27(26)43-6-3)29-28(30(39)22-10-15-25(16-11-22)42-5-2)31(40)32(41)38(29)33-36-37-34(46-33)45-20-21-8-13-24(35)14-9-21/h8-17,19,29,39H,4-7,18,20H2,1-3H3/b30-28+. The van der Waals surface area contributed by atoms with E-state index >= 15 is 0 Å². The smallest absolute Gasteiger partial charge is 0.301 e. The molecule has 240 valence electrons. The Kier molecular flexibility index (Phi) is 10.9. The van der Waals surface area contributed by atoms with Gasteiger partial charge in [0, 0.05) is 11.3 Å². The van der Waals surface area contributed by atoms with Gasteiger partial charge in [-0.2, -0.15) is 0 Å². The third kappa shape index (κ3) is 7.34. The Labute approximate surface area is 275 Å². The van der Waals surface area contributed by atoms with E-state index in [1.165, 1.54) is 28.8 Å². The summed E-state index contributed by atoms with van der Waals surface area (Å²) in [5.41, 5.74) is 1.67. The zero-order valence-corrected chi connectivity index (χ0v) is 27.3. The van der Waals surface area contributed by atoms with Crippen molar-refractivity contribution in [2.45, 2.75) is 49.7 Å². The second-order valence-corrected chi connectivity index (χ2v) is 12.4. The number of nitrogens with zero attached hydrogens (tertiary/aromatic N) is 3. The number of benzene rings is 3. The Morgan fingerprint density at radius 2 is 1.67 bits per heavy atom. The number of hydrogen-bond acceptors (Lipinski definition) is 10. The van der Waals surface area contributed by atoms with Gasteiger partial charge in [0.25, 0.3) is 5.78 Å². The third-order valence-electron chi connectivity index (χ3n) is 7.10. The van der Waals surface area contributed by atoms with E-state index in [1.807, 2.05) is 13.8 Å². The largest absolute Gasteiger partial charge is 0.507 e.